The summed E-state index contributed by atoms with van der Waals surface area (Å²) in [5, 5.41) is 13.0. The fourth-order valence-electron chi connectivity index (χ4n) is 4.14. The summed E-state index contributed by atoms with van der Waals surface area (Å²) >= 11 is 0. The monoisotopic (exact) mass is 289 g/mol. The van der Waals surface area contributed by atoms with Gasteiger partial charge in [-0.1, -0.05) is 12.1 Å². The van der Waals surface area contributed by atoms with Crippen LogP contribution in [0.4, 0.5) is 0 Å². The molecule has 2 fully saturated rings. The summed E-state index contributed by atoms with van der Waals surface area (Å²) in [5.74, 6) is 2.95. The van der Waals surface area contributed by atoms with Gasteiger partial charge >= 0.3 is 0 Å². The maximum absolute atomic E-state index is 9.38. The van der Waals surface area contributed by atoms with Crippen molar-refractivity contribution < 1.29 is 9.84 Å². The van der Waals surface area contributed by atoms with Crippen LogP contribution >= 0.6 is 0 Å². The first-order valence-corrected chi connectivity index (χ1v) is 8.25. The van der Waals surface area contributed by atoms with Gasteiger partial charge < -0.3 is 15.2 Å². The second-order valence-corrected chi connectivity index (χ2v) is 6.79. The van der Waals surface area contributed by atoms with E-state index in [1.165, 1.54) is 37.7 Å². The molecule has 3 rings (SSSR count). The highest BCUT2D eigenvalue weighted by Gasteiger charge is 2.35. The third-order valence-electron chi connectivity index (χ3n) is 5.34. The minimum Gasteiger partial charge on any atom is -0.497 e. The highest BCUT2D eigenvalue weighted by atomic mass is 16.5. The Balaban J connectivity index is 1.57. The van der Waals surface area contributed by atoms with Crippen LogP contribution in [0.3, 0.4) is 0 Å². The summed E-state index contributed by atoms with van der Waals surface area (Å²) in [7, 11) is 1.71. The van der Waals surface area contributed by atoms with Crippen LogP contribution in [-0.2, 0) is 6.42 Å². The van der Waals surface area contributed by atoms with Crippen molar-refractivity contribution in [2.75, 3.05) is 20.3 Å². The number of methoxy groups -OCH3 is 1. The molecule has 2 N–H and O–H groups in total. The Kier molecular flexibility index (Phi) is 4.81. The van der Waals surface area contributed by atoms with Gasteiger partial charge in [-0.15, -0.1) is 0 Å². The minimum absolute atomic E-state index is 0.333. The molecule has 1 aliphatic heterocycles. The van der Waals surface area contributed by atoms with Gasteiger partial charge in [-0.3, -0.25) is 0 Å². The number of nitrogens with one attached hydrogen (secondary N) is 1. The zero-order chi connectivity index (χ0) is 14.7. The van der Waals surface area contributed by atoms with Gasteiger partial charge in [0, 0.05) is 19.2 Å². The van der Waals surface area contributed by atoms with E-state index in [2.05, 4.69) is 29.6 Å². The van der Waals surface area contributed by atoms with Gasteiger partial charge in [-0.05, 0) is 67.6 Å². The molecular weight excluding hydrogens is 262 g/mol. The smallest absolute Gasteiger partial charge is 0.118 e. The molecule has 1 aromatic rings. The van der Waals surface area contributed by atoms with Crippen LogP contribution in [0.15, 0.2) is 24.3 Å². The average Bonchev–Trinajstić information content (AvgIpc) is 2.55. The number of piperidine rings is 1. The number of rotatable bonds is 4. The predicted octanol–water partition coefficient (Wildman–Crippen LogP) is 2.62. The van der Waals surface area contributed by atoms with Crippen molar-refractivity contribution in [2.45, 2.75) is 38.1 Å². The lowest BCUT2D eigenvalue weighted by Crippen LogP contribution is -2.49. The van der Waals surface area contributed by atoms with Crippen LogP contribution in [0.2, 0.25) is 0 Å². The van der Waals surface area contributed by atoms with E-state index in [1.807, 2.05) is 0 Å². The number of benzene rings is 1. The van der Waals surface area contributed by atoms with Crippen molar-refractivity contribution in [3.63, 3.8) is 0 Å². The van der Waals surface area contributed by atoms with E-state index in [0.717, 1.165) is 24.1 Å². The lowest BCUT2D eigenvalue weighted by atomic mass is 9.71. The van der Waals surface area contributed by atoms with Gasteiger partial charge in [0.15, 0.2) is 0 Å². The number of aliphatic hydroxyl groups is 1. The number of hydrogen-bond donors (Lipinski definition) is 2. The number of ether oxygens (including phenoxy) is 1. The van der Waals surface area contributed by atoms with Crippen molar-refractivity contribution in [3.05, 3.63) is 29.8 Å². The first-order chi connectivity index (χ1) is 10.3. The molecule has 0 bridgehead atoms. The zero-order valence-corrected chi connectivity index (χ0v) is 12.9. The third-order valence-corrected chi connectivity index (χ3v) is 5.34. The summed E-state index contributed by atoms with van der Waals surface area (Å²) in [4.78, 5) is 0. The molecule has 4 atom stereocenters. The second-order valence-electron chi connectivity index (χ2n) is 6.79. The van der Waals surface area contributed by atoms with Gasteiger partial charge in [-0.2, -0.15) is 0 Å². The highest BCUT2D eigenvalue weighted by molar-refractivity contribution is 5.27. The summed E-state index contributed by atoms with van der Waals surface area (Å²) < 4.78 is 5.22. The van der Waals surface area contributed by atoms with Crippen LogP contribution < -0.4 is 10.1 Å². The molecule has 0 unspecified atom stereocenters. The van der Waals surface area contributed by atoms with Gasteiger partial charge in [-0.25, -0.2) is 0 Å². The normalized spacial score (nSPS) is 32.5. The summed E-state index contributed by atoms with van der Waals surface area (Å²) in [6.07, 6.45) is 6.30. The van der Waals surface area contributed by atoms with Crippen molar-refractivity contribution in [3.8, 4) is 5.75 Å². The topological polar surface area (TPSA) is 41.5 Å². The molecule has 0 spiro atoms. The Bertz CT molecular complexity index is 445. The molecule has 1 saturated heterocycles. The summed E-state index contributed by atoms with van der Waals surface area (Å²) in [6.45, 7) is 1.33. The van der Waals surface area contributed by atoms with Gasteiger partial charge in [0.2, 0.25) is 0 Å². The summed E-state index contributed by atoms with van der Waals surface area (Å²) in [5.41, 5.74) is 1.42. The molecule has 1 aromatic carbocycles. The third kappa shape index (κ3) is 3.58. The van der Waals surface area contributed by atoms with E-state index in [9.17, 15) is 5.11 Å². The van der Waals surface area contributed by atoms with Crippen molar-refractivity contribution in [1.82, 2.24) is 5.32 Å². The molecule has 2 aliphatic rings. The lowest BCUT2D eigenvalue weighted by molar-refractivity contribution is 0.0989. The maximum Gasteiger partial charge on any atom is 0.118 e. The van der Waals surface area contributed by atoms with E-state index in [1.54, 1.807) is 7.11 Å². The number of aliphatic hydroxyl groups excluding tert-OH is 1. The van der Waals surface area contributed by atoms with E-state index >= 15 is 0 Å². The molecule has 0 radical (unpaired) electrons. The SMILES string of the molecule is COc1ccc(C[C@@H]2CC[C@H]3NC[C@H](CO)C[C@@H]3C2)cc1. The lowest BCUT2D eigenvalue weighted by Gasteiger charge is -2.42. The molecule has 1 saturated carbocycles. The van der Waals surface area contributed by atoms with E-state index in [-0.39, 0.29) is 0 Å². The van der Waals surface area contributed by atoms with Gasteiger partial charge in [0.1, 0.15) is 5.75 Å². The number of hydrogen-bond acceptors (Lipinski definition) is 3. The quantitative estimate of drug-likeness (QED) is 0.895. The highest BCUT2D eigenvalue weighted by Crippen LogP contribution is 2.37. The molecular formula is C18H27NO2. The Labute approximate surface area is 127 Å². The van der Waals surface area contributed by atoms with Crippen LogP contribution in [0.1, 0.15) is 31.2 Å². The fourth-order valence-corrected chi connectivity index (χ4v) is 4.14. The Morgan fingerprint density at radius 2 is 1.90 bits per heavy atom. The molecule has 1 heterocycles. The predicted molar refractivity (Wildman–Crippen MR) is 84.5 cm³/mol. The van der Waals surface area contributed by atoms with Gasteiger partial charge in [0.25, 0.3) is 0 Å². The number of fused-ring (bicyclic) bond motifs is 1. The Morgan fingerprint density at radius 3 is 2.62 bits per heavy atom. The van der Waals surface area contributed by atoms with Crippen molar-refractivity contribution >= 4 is 0 Å². The summed E-state index contributed by atoms with van der Waals surface area (Å²) in [6, 6.07) is 9.21. The molecule has 0 amide bonds. The van der Waals surface area contributed by atoms with E-state index in [4.69, 9.17) is 4.74 Å². The molecule has 1 aliphatic carbocycles. The fraction of sp³-hybridized carbons (Fsp3) is 0.667. The molecule has 21 heavy (non-hydrogen) atoms. The molecule has 116 valence electrons. The standard InChI is InChI=1S/C18H27NO2/c1-21-17-5-2-13(3-6-17)8-14-4-7-18-16(9-14)10-15(12-20)11-19-18/h2-3,5-6,14-16,18-20H,4,7-12H2,1H3/t14-,15+,16-,18+/m0/s1. The van der Waals surface area contributed by atoms with E-state index < -0.39 is 0 Å². The maximum atomic E-state index is 9.38. The zero-order valence-electron chi connectivity index (χ0n) is 12.9. The van der Waals surface area contributed by atoms with E-state index in [0.29, 0.717) is 18.6 Å². The largest absolute Gasteiger partial charge is 0.497 e. The van der Waals surface area contributed by atoms with Gasteiger partial charge in [0.05, 0.1) is 7.11 Å². The Morgan fingerprint density at radius 1 is 1.14 bits per heavy atom. The van der Waals surface area contributed by atoms with Crippen LogP contribution in [-0.4, -0.2) is 31.4 Å². The first-order valence-electron chi connectivity index (χ1n) is 8.25. The van der Waals surface area contributed by atoms with Crippen LogP contribution in [0.5, 0.6) is 5.75 Å². The second kappa shape index (κ2) is 6.80. The Hall–Kier alpha value is -1.06. The molecule has 3 heteroatoms. The first kappa shape index (κ1) is 14.9. The van der Waals surface area contributed by atoms with Crippen LogP contribution in [0.25, 0.3) is 0 Å². The van der Waals surface area contributed by atoms with Crippen molar-refractivity contribution in [1.29, 1.82) is 0 Å². The molecule has 3 nitrogen and oxygen atoms in total. The van der Waals surface area contributed by atoms with Crippen molar-refractivity contribution in [2.24, 2.45) is 17.8 Å². The molecule has 0 aromatic heterocycles. The average molecular weight is 289 g/mol. The minimum atomic E-state index is 0.333. The van der Waals surface area contributed by atoms with Crippen LogP contribution in [0, 0.1) is 17.8 Å².